The number of imidazole rings is 1. The zero-order valence-electron chi connectivity index (χ0n) is 15.3. The fraction of sp³-hybridized carbons (Fsp3) is 0.526. The Labute approximate surface area is 158 Å². The molecule has 0 amide bonds. The summed E-state index contributed by atoms with van der Waals surface area (Å²) in [4.78, 5) is 13.2. The van der Waals surface area contributed by atoms with Crippen molar-refractivity contribution in [2.24, 2.45) is 5.73 Å². The lowest BCUT2D eigenvalue weighted by Crippen LogP contribution is -2.54. The van der Waals surface area contributed by atoms with Gasteiger partial charge in [0.15, 0.2) is 0 Å². The fourth-order valence-electron chi connectivity index (χ4n) is 3.47. The lowest BCUT2D eigenvalue weighted by atomic mass is 10.0. The average Bonchev–Trinajstić information content (AvgIpc) is 2.98. The molecular formula is C19H28BrN5. The van der Waals surface area contributed by atoms with Crippen molar-refractivity contribution in [3.8, 4) is 11.4 Å². The van der Waals surface area contributed by atoms with Gasteiger partial charge in [-0.15, -0.1) is 0 Å². The molecule has 2 aromatic rings. The second kappa shape index (κ2) is 7.58. The third-order valence-corrected chi connectivity index (χ3v) is 5.60. The summed E-state index contributed by atoms with van der Waals surface area (Å²) in [6.45, 7) is 11.6. The Kier molecular flexibility index (Phi) is 5.63. The van der Waals surface area contributed by atoms with Crippen LogP contribution in [-0.2, 0) is 0 Å². The van der Waals surface area contributed by atoms with Crippen LogP contribution in [0.5, 0.6) is 0 Å². The maximum atomic E-state index is 6.15. The summed E-state index contributed by atoms with van der Waals surface area (Å²) in [5, 5.41) is 0. The zero-order valence-corrected chi connectivity index (χ0v) is 16.9. The first-order valence-electron chi connectivity index (χ1n) is 8.90. The van der Waals surface area contributed by atoms with Gasteiger partial charge in [0, 0.05) is 43.8 Å². The molecule has 3 rings (SSSR count). The second-order valence-corrected chi connectivity index (χ2v) is 8.35. The molecule has 2 heterocycles. The van der Waals surface area contributed by atoms with Crippen LogP contribution in [0.1, 0.15) is 32.5 Å². The van der Waals surface area contributed by atoms with E-state index in [9.17, 15) is 0 Å². The second-order valence-electron chi connectivity index (χ2n) is 7.60. The minimum absolute atomic E-state index is 0.154. The van der Waals surface area contributed by atoms with Crippen molar-refractivity contribution in [2.45, 2.75) is 32.4 Å². The molecule has 1 aromatic carbocycles. The van der Waals surface area contributed by atoms with Crippen LogP contribution in [0.3, 0.4) is 0 Å². The molecule has 136 valence electrons. The number of H-pyrrole nitrogens is 1. The molecule has 1 fully saturated rings. The first-order valence-corrected chi connectivity index (χ1v) is 9.69. The Bertz CT molecular complexity index is 684. The predicted molar refractivity (Wildman–Crippen MR) is 106 cm³/mol. The van der Waals surface area contributed by atoms with Crippen LogP contribution >= 0.6 is 15.9 Å². The highest BCUT2D eigenvalue weighted by Gasteiger charge is 2.31. The standard InChI is InChI=1S/C19H28BrN5/c1-19(2,3)25-11-9-24(10-12-25)15(13-21)16-17(20)23-18(22-16)14-7-5-4-6-8-14/h4-8,15H,9-13,21H2,1-3H3,(H,22,23). The Balaban J connectivity index is 1.77. The normalized spacial score (nSPS) is 18.4. The maximum Gasteiger partial charge on any atom is 0.138 e. The summed E-state index contributed by atoms with van der Waals surface area (Å²) in [5.41, 5.74) is 8.53. The molecule has 1 unspecified atom stereocenters. The van der Waals surface area contributed by atoms with Crippen molar-refractivity contribution in [1.82, 2.24) is 19.8 Å². The molecule has 6 heteroatoms. The number of piperazine rings is 1. The number of nitrogens with one attached hydrogen (secondary N) is 1. The topological polar surface area (TPSA) is 61.2 Å². The fourth-order valence-corrected chi connectivity index (χ4v) is 4.01. The Morgan fingerprint density at radius 1 is 1.16 bits per heavy atom. The lowest BCUT2D eigenvalue weighted by molar-refractivity contribution is 0.0424. The smallest absolute Gasteiger partial charge is 0.138 e. The number of nitrogens with two attached hydrogens (primary N) is 1. The van der Waals surface area contributed by atoms with Crippen molar-refractivity contribution in [1.29, 1.82) is 0 Å². The van der Waals surface area contributed by atoms with Crippen LogP contribution in [0.25, 0.3) is 11.4 Å². The van der Waals surface area contributed by atoms with E-state index in [1.54, 1.807) is 0 Å². The molecule has 1 aliphatic rings. The number of nitrogens with zero attached hydrogens (tertiary/aromatic N) is 3. The molecule has 1 atom stereocenters. The number of benzene rings is 1. The van der Waals surface area contributed by atoms with Gasteiger partial charge in [0.25, 0.3) is 0 Å². The van der Waals surface area contributed by atoms with Crippen molar-refractivity contribution < 1.29 is 0 Å². The van der Waals surface area contributed by atoms with Gasteiger partial charge in [0.1, 0.15) is 10.4 Å². The third-order valence-electron chi connectivity index (χ3n) is 4.99. The largest absolute Gasteiger partial charge is 0.340 e. The van der Waals surface area contributed by atoms with Gasteiger partial charge in [-0.1, -0.05) is 30.3 Å². The van der Waals surface area contributed by atoms with Crippen LogP contribution in [0.15, 0.2) is 34.9 Å². The highest BCUT2D eigenvalue weighted by molar-refractivity contribution is 9.10. The van der Waals surface area contributed by atoms with Crippen LogP contribution in [0, 0.1) is 0 Å². The van der Waals surface area contributed by atoms with E-state index in [2.05, 4.69) is 68.6 Å². The van der Waals surface area contributed by atoms with Gasteiger partial charge in [-0.2, -0.15) is 0 Å². The maximum absolute atomic E-state index is 6.15. The van der Waals surface area contributed by atoms with E-state index in [-0.39, 0.29) is 11.6 Å². The van der Waals surface area contributed by atoms with E-state index in [4.69, 9.17) is 5.73 Å². The first-order chi connectivity index (χ1) is 11.9. The molecule has 3 N–H and O–H groups in total. The van der Waals surface area contributed by atoms with Gasteiger partial charge < -0.3 is 10.7 Å². The van der Waals surface area contributed by atoms with Crippen molar-refractivity contribution in [3.05, 3.63) is 40.6 Å². The van der Waals surface area contributed by atoms with Crippen molar-refractivity contribution in [3.63, 3.8) is 0 Å². The van der Waals surface area contributed by atoms with Gasteiger partial charge in [0.05, 0.1) is 11.7 Å². The number of hydrogen-bond acceptors (Lipinski definition) is 4. The average molecular weight is 406 g/mol. The van der Waals surface area contributed by atoms with Crippen LogP contribution < -0.4 is 5.73 Å². The molecule has 5 nitrogen and oxygen atoms in total. The van der Waals surface area contributed by atoms with Crippen LogP contribution in [0.2, 0.25) is 0 Å². The Morgan fingerprint density at radius 3 is 2.36 bits per heavy atom. The van der Waals surface area contributed by atoms with Crippen molar-refractivity contribution in [2.75, 3.05) is 32.7 Å². The van der Waals surface area contributed by atoms with E-state index < -0.39 is 0 Å². The van der Waals surface area contributed by atoms with Crippen molar-refractivity contribution >= 4 is 15.9 Å². The monoisotopic (exact) mass is 405 g/mol. The molecule has 0 saturated carbocycles. The van der Waals surface area contributed by atoms with Gasteiger partial charge >= 0.3 is 0 Å². The van der Waals surface area contributed by atoms with Gasteiger partial charge in [-0.05, 0) is 36.7 Å². The van der Waals surface area contributed by atoms with Crippen LogP contribution in [0.4, 0.5) is 0 Å². The highest BCUT2D eigenvalue weighted by atomic mass is 79.9. The molecule has 0 bridgehead atoms. The molecule has 1 aromatic heterocycles. The molecule has 25 heavy (non-hydrogen) atoms. The number of halogens is 1. The Morgan fingerprint density at radius 2 is 1.80 bits per heavy atom. The summed E-state index contributed by atoms with van der Waals surface area (Å²) < 4.78 is 0.861. The quantitative estimate of drug-likeness (QED) is 0.819. The summed E-state index contributed by atoms with van der Waals surface area (Å²) in [7, 11) is 0. The molecule has 1 saturated heterocycles. The summed E-state index contributed by atoms with van der Waals surface area (Å²) in [6, 6.07) is 10.3. The van der Waals surface area contributed by atoms with E-state index in [1.807, 2.05) is 18.2 Å². The molecule has 0 spiro atoms. The van der Waals surface area contributed by atoms with Crippen LogP contribution in [-0.4, -0.2) is 58.0 Å². The first kappa shape index (κ1) is 18.6. The Hall–Kier alpha value is -1.21. The van der Waals surface area contributed by atoms with Gasteiger partial charge in [-0.25, -0.2) is 4.98 Å². The molecule has 1 aliphatic heterocycles. The predicted octanol–water partition coefficient (Wildman–Crippen LogP) is 3.26. The van der Waals surface area contributed by atoms with Gasteiger partial charge in [0.2, 0.25) is 0 Å². The zero-order chi connectivity index (χ0) is 18.0. The summed E-state index contributed by atoms with van der Waals surface area (Å²) in [5.74, 6) is 0.884. The lowest BCUT2D eigenvalue weighted by Gasteiger charge is -2.44. The SMILES string of the molecule is CC(C)(C)N1CCN(C(CN)c2[nH]c(-c3ccccc3)nc2Br)CC1. The number of rotatable bonds is 4. The molecule has 0 aliphatic carbocycles. The van der Waals surface area contributed by atoms with E-state index >= 15 is 0 Å². The summed E-state index contributed by atoms with van der Waals surface area (Å²) >= 11 is 3.63. The minimum Gasteiger partial charge on any atom is -0.340 e. The number of aromatic nitrogens is 2. The summed E-state index contributed by atoms with van der Waals surface area (Å²) in [6.07, 6.45) is 0. The van der Waals surface area contributed by atoms with E-state index in [0.717, 1.165) is 47.9 Å². The molecular weight excluding hydrogens is 378 g/mol. The highest BCUT2D eigenvalue weighted by Crippen LogP contribution is 2.30. The molecule has 0 radical (unpaired) electrons. The van der Waals surface area contributed by atoms with E-state index in [1.165, 1.54) is 0 Å². The van der Waals surface area contributed by atoms with E-state index in [0.29, 0.717) is 6.54 Å². The minimum atomic E-state index is 0.154. The third kappa shape index (κ3) is 4.14. The number of hydrogen-bond donors (Lipinski definition) is 2. The van der Waals surface area contributed by atoms with Gasteiger partial charge in [-0.3, -0.25) is 9.80 Å². The number of aromatic amines is 1.